The van der Waals surface area contributed by atoms with Gasteiger partial charge in [-0.05, 0) is 13.0 Å². The van der Waals surface area contributed by atoms with E-state index in [0.29, 0.717) is 0 Å². The van der Waals surface area contributed by atoms with E-state index < -0.39 is 49.0 Å². The number of nitrogens with zero attached hydrogens (tertiary/aromatic N) is 1. The second kappa shape index (κ2) is 7.96. The Morgan fingerprint density at radius 3 is 2.60 bits per heavy atom. The molecule has 0 aliphatic heterocycles. The van der Waals surface area contributed by atoms with Gasteiger partial charge in [-0.25, -0.2) is 23.4 Å². The molecular formula is C13H15F4N3O5. The van der Waals surface area contributed by atoms with Gasteiger partial charge in [-0.15, -0.1) is 0 Å². The summed E-state index contributed by atoms with van der Waals surface area (Å²) in [4.78, 5) is 25.8. The van der Waals surface area contributed by atoms with Crippen LogP contribution < -0.4 is 15.4 Å². The van der Waals surface area contributed by atoms with Crippen molar-refractivity contribution in [1.29, 1.82) is 0 Å². The van der Waals surface area contributed by atoms with Crippen LogP contribution in [0.2, 0.25) is 0 Å². The monoisotopic (exact) mass is 369 g/mol. The summed E-state index contributed by atoms with van der Waals surface area (Å²) in [5.41, 5.74) is -2.18. The molecule has 2 amide bonds. The number of amides is 2. The molecule has 0 fully saturated rings. The van der Waals surface area contributed by atoms with Crippen LogP contribution >= 0.6 is 0 Å². The van der Waals surface area contributed by atoms with Gasteiger partial charge in [0.2, 0.25) is 5.88 Å². The number of pyridine rings is 1. The minimum atomic E-state index is -4.36. The summed E-state index contributed by atoms with van der Waals surface area (Å²) in [5, 5.41) is 22.4. The number of urea groups is 1. The Morgan fingerprint density at radius 1 is 1.40 bits per heavy atom. The molecule has 140 valence electrons. The third-order valence-corrected chi connectivity index (χ3v) is 2.78. The Hall–Kier alpha value is -2.63. The highest BCUT2D eigenvalue weighted by molar-refractivity contribution is 5.90. The highest BCUT2D eigenvalue weighted by Crippen LogP contribution is 2.24. The third kappa shape index (κ3) is 6.41. The first-order chi connectivity index (χ1) is 11.4. The van der Waals surface area contributed by atoms with Crippen LogP contribution in [-0.4, -0.2) is 58.3 Å². The number of aliphatic carboxylic acids is 1. The Bertz CT molecular complexity index is 627. The first kappa shape index (κ1) is 20.4. The van der Waals surface area contributed by atoms with Crippen molar-refractivity contribution in [3.8, 4) is 5.88 Å². The van der Waals surface area contributed by atoms with E-state index in [4.69, 9.17) is 5.11 Å². The van der Waals surface area contributed by atoms with Gasteiger partial charge in [0.15, 0.2) is 12.2 Å². The smallest absolute Gasteiger partial charge is 0.340 e. The Labute approximate surface area is 138 Å². The van der Waals surface area contributed by atoms with E-state index in [1.165, 1.54) is 6.07 Å². The summed E-state index contributed by atoms with van der Waals surface area (Å²) >= 11 is 0. The van der Waals surface area contributed by atoms with Crippen molar-refractivity contribution in [3.05, 3.63) is 18.3 Å². The van der Waals surface area contributed by atoms with Crippen LogP contribution in [0.3, 0.4) is 0 Å². The summed E-state index contributed by atoms with van der Waals surface area (Å²) in [6, 6.07) is 1.33. The van der Waals surface area contributed by atoms with Crippen molar-refractivity contribution >= 4 is 17.7 Å². The zero-order chi connectivity index (χ0) is 19.3. The molecule has 0 aliphatic carbocycles. The first-order valence-corrected chi connectivity index (χ1v) is 6.69. The molecular weight excluding hydrogens is 354 g/mol. The summed E-state index contributed by atoms with van der Waals surface area (Å²) < 4.78 is 54.1. The number of aromatic nitrogens is 1. The fourth-order valence-electron chi connectivity index (χ4n) is 1.30. The number of anilines is 1. The van der Waals surface area contributed by atoms with Crippen LogP contribution in [0.5, 0.6) is 5.88 Å². The van der Waals surface area contributed by atoms with Gasteiger partial charge < -0.3 is 25.6 Å². The van der Waals surface area contributed by atoms with Crippen LogP contribution in [0.4, 0.5) is 28.0 Å². The number of alkyl halides is 4. The van der Waals surface area contributed by atoms with Crippen molar-refractivity contribution in [2.45, 2.75) is 24.9 Å². The van der Waals surface area contributed by atoms with Crippen molar-refractivity contribution in [3.63, 3.8) is 0 Å². The quantitative estimate of drug-likeness (QED) is 0.513. The number of carboxylic acid groups (broad SMARTS) is 1. The van der Waals surface area contributed by atoms with Crippen LogP contribution in [0.25, 0.3) is 0 Å². The fraction of sp³-hybridized carbons (Fsp3) is 0.462. The topological polar surface area (TPSA) is 121 Å². The lowest BCUT2D eigenvalue weighted by molar-refractivity contribution is -0.155. The van der Waals surface area contributed by atoms with Crippen LogP contribution in [0.15, 0.2) is 18.3 Å². The van der Waals surface area contributed by atoms with Gasteiger partial charge in [0, 0.05) is 18.0 Å². The second-order valence-corrected chi connectivity index (χ2v) is 5.12. The normalized spacial score (nSPS) is 13.9. The number of carboxylic acids is 1. The molecule has 0 saturated heterocycles. The number of hydrogen-bond acceptors (Lipinski definition) is 5. The second-order valence-electron chi connectivity index (χ2n) is 5.12. The van der Waals surface area contributed by atoms with E-state index in [1.807, 2.05) is 0 Å². The number of halogens is 4. The molecule has 0 spiro atoms. The van der Waals surface area contributed by atoms with Gasteiger partial charge >= 0.3 is 24.3 Å². The number of carbonyl (C=O) groups is 2. The highest BCUT2D eigenvalue weighted by Gasteiger charge is 2.41. The molecule has 0 aromatic carbocycles. The molecule has 1 heterocycles. The number of nitrogens with one attached hydrogen (secondary N) is 2. The minimum Gasteiger partial charge on any atom is -0.479 e. The Kier molecular flexibility index (Phi) is 6.50. The van der Waals surface area contributed by atoms with Gasteiger partial charge in [0.1, 0.15) is 0 Å². The van der Waals surface area contributed by atoms with Crippen LogP contribution in [0.1, 0.15) is 6.92 Å². The predicted octanol–water partition coefficient (Wildman–Crippen LogP) is 1.32. The number of carbonyl (C=O) groups excluding carboxylic acids is 1. The van der Waals surface area contributed by atoms with E-state index in [0.717, 1.165) is 19.2 Å². The first-order valence-electron chi connectivity index (χ1n) is 6.69. The number of hydrogen-bond donors (Lipinski definition) is 4. The fourth-order valence-corrected chi connectivity index (χ4v) is 1.30. The largest absolute Gasteiger partial charge is 0.479 e. The maximum absolute atomic E-state index is 12.8. The number of ether oxygens (including phenoxy) is 1. The maximum Gasteiger partial charge on any atom is 0.340 e. The van der Waals surface area contributed by atoms with Crippen molar-refractivity contribution in [2.24, 2.45) is 0 Å². The van der Waals surface area contributed by atoms with Crippen LogP contribution in [0, 0.1) is 0 Å². The summed E-state index contributed by atoms with van der Waals surface area (Å²) in [7, 11) is 0. The maximum atomic E-state index is 12.8. The van der Waals surface area contributed by atoms with Crippen molar-refractivity contribution in [1.82, 2.24) is 10.3 Å². The number of aliphatic hydroxyl groups is 1. The Balaban J connectivity index is 2.60. The highest BCUT2D eigenvalue weighted by atomic mass is 19.3. The average Bonchev–Trinajstić information content (AvgIpc) is 2.51. The summed E-state index contributed by atoms with van der Waals surface area (Å²) in [5.74, 6) is -6.34. The molecule has 25 heavy (non-hydrogen) atoms. The van der Waals surface area contributed by atoms with Crippen LogP contribution in [-0.2, 0) is 4.79 Å². The zero-order valence-electron chi connectivity index (χ0n) is 12.8. The zero-order valence-corrected chi connectivity index (χ0v) is 12.8. The van der Waals surface area contributed by atoms with Gasteiger partial charge in [-0.3, -0.25) is 0 Å². The van der Waals surface area contributed by atoms with Crippen molar-refractivity contribution in [2.75, 3.05) is 18.5 Å². The standard InChI is InChI=1S/C13H15F4N3O5/c1-12(24,10(21)22)5-19-11(23)20-7-2-3-18-8(4-7)25-6-13(16,17)9(14)15/h2-4,9,24H,5-6H2,1H3,(H,21,22)(H2,18,19,20,23). The van der Waals surface area contributed by atoms with E-state index >= 15 is 0 Å². The molecule has 8 nitrogen and oxygen atoms in total. The summed E-state index contributed by atoms with van der Waals surface area (Å²) in [6.07, 6.45) is -2.83. The van der Waals surface area contributed by atoms with E-state index in [1.54, 1.807) is 0 Å². The minimum absolute atomic E-state index is 0.0119. The molecule has 0 radical (unpaired) electrons. The van der Waals surface area contributed by atoms with Gasteiger partial charge in [-0.1, -0.05) is 0 Å². The molecule has 1 aromatic rings. The molecule has 0 aliphatic rings. The molecule has 0 saturated carbocycles. The SMILES string of the molecule is CC(O)(CNC(=O)Nc1ccnc(OCC(F)(F)C(F)F)c1)C(=O)O. The molecule has 1 unspecified atom stereocenters. The van der Waals surface area contributed by atoms with Gasteiger partial charge in [0.05, 0.1) is 6.54 Å². The molecule has 1 aromatic heterocycles. The van der Waals surface area contributed by atoms with Crippen molar-refractivity contribution < 1.29 is 42.1 Å². The third-order valence-electron chi connectivity index (χ3n) is 2.78. The van der Waals surface area contributed by atoms with Gasteiger partial charge in [-0.2, -0.15) is 8.78 Å². The molecule has 1 atom stereocenters. The lowest BCUT2D eigenvalue weighted by atomic mass is 10.1. The molecule has 1 rings (SSSR count). The average molecular weight is 369 g/mol. The number of rotatable bonds is 8. The van der Waals surface area contributed by atoms with Gasteiger partial charge in [0.25, 0.3) is 0 Å². The Morgan fingerprint density at radius 2 is 2.04 bits per heavy atom. The van der Waals surface area contributed by atoms with E-state index in [9.17, 15) is 32.3 Å². The predicted molar refractivity (Wildman–Crippen MR) is 76.0 cm³/mol. The lowest BCUT2D eigenvalue weighted by Crippen LogP contribution is -2.47. The summed E-state index contributed by atoms with van der Waals surface area (Å²) in [6.45, 7) is -1.24. The molecule has 12 heteroatoms. The van der Waals surface area contributed by atoms with E-state index in [-0.39, 0.29) is 5.69 Å². The molecule has 0 bridgehead atoms. The molecule has 4 N–H and O–H groups in total. The lowest BCUT2D eigenvalue weighted by Gasteiger charge is -2.18. The van der Waals surface area contributed by atoms with E-state index in [2.05, 4.69) is 20.4 Å².